The van der Waals surface area contributed by atoms with Gasteiger partial charge in [0.05, 0.1) is 0 Å². The van der Waals surface area contributed by atoms with E-state index in [9.17, 15) is 4.39 Å². The Morgan fingerprint density at radius 2 is 1.75 bits per heavy atom. The number of likely N-dealkylation sites (tertiary alicyclic amines) is 2. The molecular weight excluding hydrogens is 353 g/mol. The third-order valence-electron chi connectivity index (χ3n) is 6.00. The van der Waals surface area contributed by atoms with E-state index in [0.717, 1.165) is 62.7 Å². The largest absolute Gasteiger partial charge is 0.474 e. The molecule has 0 N–H and O–H groups in total. The number of benzene rings is 1. The Balaban J connectivity index is 1.21. The maximum absolute atomic E-state index is 13.4. The summed E-state index contributed by atoms with van der Waals surface area (Å²) in [6.45, 7) is 7.23. The smallest absolute Gasteiger partial charge is 0.213 e. The van der Waals surface area contributed by atoms with Crippen molar-refractivity contribution < 1.29 is 9.13 Å². The molecule has 5 heteroatoms. The lowest BCUT2D eigenvalue weighted by atomic mass is 9.98. The molecule has 4 rings (SSSR count). The third-order valence-corrected chi connectivity index (χ3v) is 6.00. The molecule has 0 radical (unpaired) electrons. The zero-order chi connectivity index (χ0) is 19.3. The van der Waals surface area contributed by atoms with Gasteiger partial charge in [-0.3, -0.25) is 4.90 Å². The lowest BCUT2D eigenvalue weighted by Crippen LogP contribution is -2.48. The molecule has 0 bridgehead atoms. The summed E-state index contributed by atoms with van der Waals surface area (Å²) in [6, 6.07) is 13.6. The lowest BCUT2D eigenvalue weighted by molar-refractivity contribution is 0.0455. The number of rotatable bonds is 5. The number of hydrogen-bond acceptors (Lipinski definition) is 4. The van der Waals surface area contributed by atoms with Crippen molar-refractivity contribution >= 4 is 0 Å². The van der Waals surface area contributed by atoms with E-state index in [4.69, 9.17) is 4.74 Å². The van der Waals surface area contributed by atoms with Crippen molar-refractivity contribution in [1.82, 2.24) is 14.8 Å². The summed E-state index contributed by atoms with van der Waals surface area (Å²) in [5.41, 5.74) is 2.07. The topological polar surface area (TPSA) is 28.6 Å². The predicted molar refractivity (Wildman–Crippen MR) is 109 cm³/mol. The standard InChI is InChI=1S/C23H30FN3O/c1-18-4-2-7-23(25-18)28-22-10-14-27(15-11-22)21-8-12-26(13-9-21)17-19-5-3-6-20(24)16-19/h2-7,16,21-22H,8-15,17H2,1H3. The molecule has 150 valence electrons. The lowest BCUT2D eigenvalue weighted by Gasteiger charge is -2.41. The van der Waals surface area contributed by atoms with E-state index in [1.807, 2.05) is 31.2 Å². The summed E-state index contributed by atoms with van der Waals surface area (Å²) >= 11 is 0. The molecule has 2 aromatic rings. The highest BCUT2D eigenvalue weighted by Gasteiger charge is 2.29. The van der Waals surface area contributed by atoms with E-state index in [0.29, 0.717) is 6.04 Å². The molecule has 28 heavy (non-hydrogen) atoms. The molecule has 0 spiro atoms. The van der Waals surface area contributed by atoms with Crippen LogP contribution in [-0.4, -0.2) is 53.1 Å². The second-order valence-corrected chi connectivity index (χ2v) is 8.11. The quantitative estimate of drug-likeness (QED) is 0.779. The number of halogens is 1. The molecule has 2 saturated heterocycles. The van der Waals surface area contributed by atoms with Crippen LogP contribution in [-0.2, 0) is 6.54 Å². The van der Waals surface area contributed by atoms with E-state index in [1.54, 1.807) is 12.1 Å². The fraction of sp³-hybridized carbons (Fsp3) is 0.522. The summed E-state index contributed by atoms with van der Waals surface area (Å²) in [6.07, 6.45) is 4.80. The SMILES string of the molecule is Cc1cccc(OC2CCN(C3CCN(Cc4cccc(F)c4)CC3)CC2)n1. The van der Waals surface area contributed by atoms with Crippen LogP contribution in [0.25, 0.3) is 0 Å². The second kappa shape index (κ2) is 9.01. The first kappa shape index (κ1) is 19.3. The van der Waals surface area contributed by atoms with Gasteiger partial charge >= 0.3 is 0 Å². The monoisotopic (exact) mass is 383 g/mol. The van der Waals surface area contributed by atoms with Gasteiger partial charge in [0, 0.05) is 37.4 Å². The van der Waals surface area contributed by atoms with Crippen LogP contribution in [0.5, 0.6) is 5.88 Å². The first-order valence-electron chi connectivity index (χ1n) is 10.5. The van der Waals surface area contributed by atoms with Gasteiger partial charge < -0.3 is 9.64 Å². The number of piperidine rings is 2. The number of ether oxygens (including phenoxy) is 1. The van der Waals surface area contributed by atoms with Crippen molar-refractivity contribution in [3.05, 3.63) is 59.5 Å². The molecule has 3 heterocycles. The number of pyridine rings is 1. The number of aromatic nitrogens is 1. The van der Waals surface area contributed by atoms with E-state index < -0.39 is 0 Å². The average Bonchev–Trinajstić information content (AvgIpc) is 2.69. The van der Waals surface area contributed by atoms with Gasteiger partial charge in [-0.2, -0.15) is 0 Å². The Labute approximate surface area is 167 Å². The van der Waals surface area contributed by atoms with Gasteiger partial charge in [-0.15, -0.1) is 0 Å². The Morgan fingerprint density at radius 1 is 1.00 bits per heavy atom. The average molecular weight is 384 g/mol. The van der Waals surface area contributed by atoms with Crippen molar-refractivity contribution in [2.75, 3.05) is 26.2 Å². The molecule has 4 nitrogen and oxygen atoms in total. The fourth-order valence-electron chi connectivity index (χ4n) is 4.45. The molecular formula is C23H30FN3O. The summed E-state index contributed by atoms with van der Waals surface area (Å²) in [5.74, 6) is 0.613. The van der Waals surface area contributed by atoms with Crippen LogP contribution in [0.15, 0.2) is 42.5 Å². The minimum Gasteiger partial charge on any atom is -0.474 e. The normalized spacial score (nSPS) is 20.4. The number of aryl methyl sites for hydroxylation is 1. The van der Waals surface area contributed by atoms with Gasteiger partial charge in [-0.25, -0.2) is 9.37 Å². The summed E-state index contributed by atoms with van der Waals surface area (Å²) in [5, 5.41) is 0. The van der Waals surface area contributed by atoms with Crippen molar-refractivity contribution in [3.8, 4) is 5.88 Å². The van der Waals surface area contributed by atoms with Crippen LogP contribution in [0.1, 0.15) is 36.9 Å². The van der Waals surface area contributed by atoms with Crippen molar-refractivity contribution in [2.24, 2.45) is 0 Å². The van der Waals surface area contributed by atoms with Gasteiger partial charge in [-0.05, 0) is 69.5 Å². The molecule has 1 aromatic heterocycles. The summed E-state index contributed by atoms with van der Waals surface area (Å²) in [4.78, 5) is 9.55. The molecule has 2 fully saturated rings. The number of hydrogen-bond donors (Lipinski definition) is 0. The first-order valence-corrected chi connectivity index (χ1v) is 10.5. The molecule has 0 amide bonds. The molecule has 2 aliphatic heterocycles. The molecule has 0 atom stereocenters. The highest BCUT2D eigenvalue weighted by atomic mass is 19.1. The highest BCUT2D eigenvalue weighted by Crippen LogP contribution is 2.24. The van der Waals surface area contributed by atoms with Crippen LogP contribution in [0.3, 0.4) is 0 Å². The van der Waals surface area contributed by atoms with Crippen molar-refractivity contribution in [3.63, 3.8) is 0 Å². The number of nitrogens with zero attached hydrogens (tertiary/aromatic N) is 3. The van der Waals surface area contributed by atoms with Gasteiger partial charge in [0.2, 0.25) is 5.88 Å². The van der Waals surface area contributed by atoms with E-state index in [2.05, 4.69) is 14.8 Å². The Kier molecular flexibility index (Phi) is 6.23. The predicted octanol–water partition coefficient (Wildman–Crippen LogP) is 4.04. The minimum atomic E-state index is -0.140. The van der Waals surface area contributed by atoms with Gasteiger partial charge in [0.15, 0.2) is 0 Å². The summed E-state index contributed by atoms with van der Waals surface area (Å²) < 4.78 is 19.5. The van der Waals surface area contributed by atoms with E-state index in [1.165, 1.54) is 18.9 Å². The van der Waals surface area contributed by atoms with Gasteiger partial charge in [-0.1, -0.05) is 18.2 Å². The first-order chi connectivity index (χ1) is 13.7. The van der Waals surface area contributed by atoms with Crippen molar-refractivity contribution in [1.29, 1.82) is 0 Å². The van der Waals surface area contributed by atoms with Crippen LogP contribution < -0.4 is 4.74 Å². The fourth-order valence-corrected chi connectivity index (χ4v) is 4.45. The Hall–Kier alpha value is -1.98. The van der Waals surface area contributed by atoms with Gasteiger partial charge in [0.25, 0.3) is 0 Å². The summed E-state index contributed by atoms with van der Waals surface area (Å²) in [7, 11) is 0. The van der Waals surface area contributed by atoms with Crippen LogP contribution in [0.2, 0.25) is 0 Å². The van der Waals surface area contributed by atoms with Crippen LogP contribution >= 0.6 is 0 Å². The molecule has 1 aromatic carbocycles. The van der Waals surface area contributed by atoms with E-state index >= 15 is 0 Å². The minimum absolute atomic E-state index is 0.140. The molecule has 0 aliphatic carbocycles. The van der Waals surface area contributed by atoms with Crippen LogP contribution in [0, 0.1) is 12.7 Å². The third kappa shape index (κ3) is 5.09. The molecule has 0 unspecified atom stereocenters. The maximum Gasteiger partial charge on any atom is 0.213 e. The van der Waals surface area contributed by atoms with Crippen LogP contribution in [0.4, 0.5) is 4.39 Å². The zero-order valence-electron chi connectivity index (χ0n) is 16.7. The maximum atomic E-state index is 13.4. The Morgan fingerprint density at radius 3 is 2.46 bits per heavy atom. The van der Waals surface area contributed by atoms with E-state index in [-0.39, 0.29) is 11.9 Å². The van der Waals surface area contributed by atoms with Gasteiger partial charge in [0.1, 0.15) is 11.9 Å². The second-order valence-electron chi connectivity index (χ2n) is 8.11. The Bertz CT molecular complexity index is 702. The molecule has 0 saturated carbocycles. The molecule has 2 aliphatic rings. The zero-order valence-corrected chi connectivity index (χ0v) is 16.7. The van der Waals surface area contributed by atoms with Crippen molar-refractivity contribution in [2.45, 2.75) is 51.3 Å². The highest BCUT2D eigenvalue weighted by molar-refractivity contribution is 5.16.